The largest absolute Gasteiger partial charge is 0.486 e. The summed E-state index contributed by atoms with van der Waals surface area (Å²) >= 11 is 1.32. The van der Waals surface area contributed by atoms with Gasteiger partial charge in [-0.15, -0.1) is 5.10 Å². The first-order valence-electron chi connectivity index (χ1n) is 6.60. The molecule has 2 heterocycles. The van der Waals surface area contributed by atoms with Gasteiger partial charge in [-0.05, 0) is 25.6 Å². The van der Waals surface area contributed by atoms with E-state index in [0.29, 0.717) is 35.6 Å². The van der Waals surface area contributed by atoms with Crippen molar-refractivity contribution in [2.24, 2.45) is 0 Å². The topological polar surface area (TPSA) is 95.2 Å². The van der Waals surface area contributed by atoms with Crippen LogP contribution in [0.5, 0.6) is 11.5 Å². The second kappa shape index (κ2) is 5.36. The fourth-order valence-electron chi connectivity index (χ4n) is 2.09. The molecular formula is C13H16N4O3S. The fourth-order valence-corrected chi connectivity index (χ4v) is 3.11. The molecule has 3 rings (SSSR count). The zero-order valence-corrected chi connectivity index (χ0v) is 12.6. The Morgan fingerprint density at radius 2 is 2.00 bits per heavy atom. The molecule has 21 heavy (non-hydrogen) atoms. The molecular weight excluding hydrogens is 292 g/mol. The highest BCUT2D eigenvalue weighted by Crippen LogP contribution is 2.40. The number of hydrogen-bond acceptors (Lipinski definition) is 6. The van der Waals surface area contributed by atoms with E-state index in [1.807, 2.05) is 19.9 Å². The third-order valence-electron chi connectivity index (χ3n) is 3.06. The van der Waals surface area contributed by atoms with E-state index in [-0.39, 0.29) is 11.7 Å². The van der Waals surface area contributed by atoms with Crippen LogP contribution in [0.25, 0.3) is 0 Å². The van der Waals surface area contributed by atoms with Crippen molar-refractivity contribution in [2.45, 2.75) is 29.9 Å². The third kappa shape index (κ3) is 2.58. The van der Waals surface area contributed by atoms with Gasteiger partial charge >= 0.3 is 5.69 Å². The van der Waals surface area contributed by atoms with Crippen molar-refractivity contribution in [1.82, 2.24) is 14.8 Å². The standard InChI is InChI=1S/C13H16N4O3S/c1-7(2)17-12(18)15-16-13(17)21-11-6-10-9(5-8(11)14)19-3-4-20-10/h5-7H,3-4,14H2,1-2H3,(H,15,18). The number of rotatable bonds is 3. The molecule has 0 amide bonds. The smallest absolute Gasteiger partial charge is 0.344 e. The fraction of sp³-hybridized carbons (Fsp3) is 0.385. The second-order valence-electron chi connectivity index (χ2n) is 4.91. The molecule has 3 N–H and O–H groups in total. The van der Waals surface area contributed by atoms with E-state index in [1.165, 1.54) is 11.8 Å². The first kappa shape index (κ1) is 13.9. The normalized spacial score (nSPS) is 13.7. The minimum absolute atomic E-state index is 0.0113. The predicted molar refractivity (Wildman–Crippen MR) is 79.2 cm³/mol. The molecule has 0 fully saturated rings. The lowest BCUT2D eigenvalue weighted by molar-refractivity contribution is 0.171. The predicted octanol–water partition coefficient (Wildman–Crippen LogP) is 1.66. The number of nitrogen functional groups attached to an aromatic ring is 1. The van der Waals surface area contributed by atoms with E-state index in [0.717, 1.165) is 4.90 Å². The van der Waals surface area contributed by atoms with Crippen molar-refractivity contribution in [3.8, 4) is 11.5 Å². The van der Waals surface area contributed by atoms with Crippen LogP contribution in [0.15, 0.2) is 27.0 Å². The number of nitrogens with two attached hydrogens (primary N) is 1. The molecule has 0 spiro atoms. The van der Waals surface area contributed by atoms with Crippen LogP contribution in [0.3, 0.4) is 0 Å². The molecule has 0 radical (unpaired) electrons. The monoisotopic (exact) mass is 308 g/mol. The minimum atomic E-state index is -0.233. The van der Waals surface area contributed by atoms with E-state index < -0.39 is 0 Å². The van der Waals surface area contributed by atoms with Crippen LogP contribution < -0.4 is 20.9 Å². The number of nitrogens with zero attached hydrogens (tertiary/aromatic N) is 2. The highest BCUT2D eigenvalue weighted by molar-refractivity contribution is 7.99. The molecule has 2 aromatic rings. The molecule has 1 aliphatic rings. The molecule has 1 aromatic heterocycles. The van der Waals surface area contributed by atoms with Crippen molar-refractivity contribution in [3.05, 3.63) is 22.6 Å². The molecule has 0 unspecified atom stereocenters. The summed E-state index contributed by atoms with van der Waals surface area (Å²) in [5.74, 6) is 1.30. The second-order valence-corrected chi connectivity index (χ2v) is 5.92. The quantitative estimate of drug-likeness (QED) is 0.837. The molecule has 0 saturated carbocycles. The van der Waals surface area contributed by atoms with Gasteiger partial charge in [-0.25, -0.2) is 9.89 Å². The number of nitrogens with one attached hydrogen (secondary N) is 1. The highest BCUT2D eigenvalue weighted by atomic mass is 32.2. The number of H-pyrrole nitrogens is 1. The maximum Gasteiger partial charge on any atom is 0.344 e. The number of hydrogen-bond donors (Lipinski definition) is 2. The summed E-state index contributed by atoms with van der Waals surface area (Å²) in [5.41, 5.74) is 6.38. The minimum Gasteiger partial charge on any atom is -0.486 e. The number of aromatic nitrogens is 3. The van der Waals surface area contributed by atoms with Crippen LogP contribution in [0.1, 0.15) is 19.9 Å². The summed E-state index contributed by atoms with van der Waals surface area (Å²) in [4.78, 5) is 12.5. The van der Waals surface area contributed by atoms with Crippen LogP contribution in [0.2, 0.25) is 0 Å². The molecule has 8 heteroatoms. The summed E-state index contributed by atoms with van der Waals surface area (Å²) in [6.45, 7) is 4.88. The van der Waals surface area contributed by atoms with E-state index in [4.69, 9.17) is 15.2 Å². The first-order chi connectivity index (χ1) is 10.1. The summed E-state index contributed by atoms with van der Waals surface area (Å²) in [7, 11) is 0. The lowest BCUT2D eigenvalue weighted by atomic mass is 10.2. The molecule has 0 aliphatic carbocycles. The number of benzene rings is 1. The molecule has 0 saturated heterocycles. The summed E-state index contributed by atoms with van der Waals surface area (Å²) in [5, 5.41) is 7.07. The Hall–Kier alpha value is -2.09. The highest BCUT2D eigenvalue weighted by Gasteiger charge is 2.18. The Balaban J connectivity index is 1.97. The third-order valence-corrected chi connectivity index (χ3v) is 4.11. The van der Waals surface area contributed by atoms with Gasteiger partial charge in [0.05, 0.1) is 0 Å². The maximum absolute atomic E-state index is 11.7. The van der Waals surface area contributed by atoms with E-state index in [9.17, 15) is 4.79 Å². The van der Waals surface area contributed by atoms with Gasteiger partial charge in [0.25, 0.3) is 0 Å². The lowest BCUT2D eigenvalue weighted by Crippen LogP contribution is -2.19. The van der Waals surface area contributed by atoms with Gasteiger partial charge in [0.1, 0.15) is 13.2 Å². The summed E-state index contributed by atoms with van der Waals surface area (Å²) < 4.78 is 12.6. The Labute approximate surface area is 125 Å². The Bertz CT molecular complexity index is 723. The number of aromatic amines is 1. The Kier molecular flexibility index (Phi) is 3.54. The van der Waals surface area contributed by atoms with Crippen LogP contribution in [-0.2, 0) is 0 Å². The van der Waals surface area contributed by atoms with Gasteiger partial charge in [0.2, 0.25) is 0 Å². The van der Waals surface area contributed by atoms with Crippen molar-refractivity contribution >= 4 is 17.4 Å². The van der Waals surface area contributed by atoms with E-state index in [2.05, 4.69) is 10.2 Å². The molecule has 112 valence electrons. The van der Waals surface area contributed by atoms with E-state index >= 15 is 0 Å². The summed E-state index contributed by atoms with van der Waals surface area (Å²) in [6.07, 6.45) is 0. The number of anilines is 1. The van der Waals surface area contributed by atoms with Crippen LogP contribution in [-0.4, -0.2) is 28.0 Å². The van der Waals surface area contributed by atoms with Crippen molar-refractivity contribution in [1.29, 1.82) is 0 Å². The zero-order chi connectivity index (χ0) is 15.0. The van der Waals surface area contributed by atoms with Crippen molar-refractivity contribution in [2.75, 3.05) is 18.9 Å². The van der Waals surface area contributed by atoms with Gasteiger partial charge in [-0.1, -0.05) is 0 Å². The average molecular weight is 308 g/mol. The SMILES string of the molecule is CC(C)n1c(Sc2cc3c(cc2N)OCCO3)n[nH]c1=O. The molecule has 0 bridgehead atoms. The van der Waals surface area contributed by atoms with Gasteiger partial charge in [-0.3, -0.25) is 4.57 Å². The molecule has 1 aliphatic heterocycles. The molecule has 0 atom stereocenters. The maximum atomic E-state index is 11.7. The van der Waals surface area contributed by atoms with Gasteiger partial charge in [0, 0.05) is 28.8 Å². The Morgan fingerprint density at radius 3 is 2.67 bits per heavy atom. The van der Waals surface area contributed by atoms with Gasteiger partial charge in [0.15, 0.2) is 16.7 Å². The van der Waals surface area contributed by atoms with Gasteiger partial charge < -0.3 is 15.2 Å². The average Bonchev–Trinajstić information content (AvgIpc) is 2.80. The lowest BCUT2D eigenvalue weighted by Gasteiger charge is -2.20. The van der Waals surface area contributed by atoms with Gasteiger partial charge in [-0.2, -0.15) is 0 Å². The van der Waals surface area contributed by atoms with Crippen LogP contribution in [0.4, 0.5) is 5.69 Å². The van der Waals surface area contributed by atoms with Crippen LogP contribution >= 0.6 is 11.8 Å². The summed E-state index contributed by atoms with van der Waals surface area (Å²) in [6, 6.07) is 3.57. The molecule has 7 nitrogen and oxygen atoms in total. The van der Waals surface area contributed by atoms with Crippen LogP contribution in [0, 0.1) is 0 Å². The van der Waals surface area contributed by atoms with E-state index in [1.54, 1.807) is 10.6 Å². The molecule has 1 aromatic carbocycles. The van der Waals surface area contributed by atoms with Crippen molar-refractivity contribution in [3.63, 3.8) is 0 Å². The Morgan fingerprint density at radius 1 is 1.33 bits per heavy atom. The number of ether oxygens (including phenoxy) is 2. The van der Waals surface area contributed by atoms with Crippen molar-refractivity contribution < 1.29 is 9.47 Å². The number of fused-ring (bicyclic) bond motifs is 1. The zero-order valence-electron chi connectivity index (χ0n) is 11.8. The first-order valence-corrected chi connectivity index (χ1v) is 7.42.